The molecule has 3 rings (SSSR count). The summed E-state index contributed by atoms with van der Waals surface area (Å²) in [5.41, 5.74) is 2.93. The van der Waals surface area contributed by atoms with Crippen molar-refractivity contribution in [3.8, 4) is 16.3 Å². The van der Waals surface area contributed by atoms with E-state index in [0.29, 0.717) is 0 Å². The van der Waals surface area contributed by atoms with Gasteiger partial charge in [-0.05, 0) is 30.7 Å². The molecule has 0 amide bonds. The Morgan fingerprint density at radius 2 is 2.11 bits per heavy atom. The lowest BCUT2D eigenvalue weighted by molar-refractivity contribution is 0.476. The number of nitrogens with zero attached hydrogens (tertiary/aromatic N) is 2. The predicted octanol–water partition coefficient (Wildman–Crippen LogP) is 3.63. The van der Waals surface area contributed by atoms with Gasteiger partial charge in [-0.3, -0.25) is 4.98 Å². The van der Waals surface area contributed by atoms with Crippen LogP contribution in [0.1, 0.15) is 12.6 Å². The number of aromatic hydroxyl groups is 1. The zero-order valence-corrected chi connectivity index (χ0v) is 10.7. The lowest BCUT2D eigenvalue weighted by Crippen LogP contribution is -1.86. The standard InChI is InChI=1S/C14H12N2OS/c1-2-10-4-3-9(8-15-10)14-16-12-7-11(17)5-6-13(12)18-14/h3-8,17H,2H2,1H3. The van der Waals surface area contributed by atoms with Crippen molar-refractivity contribution in [3.05, 3.63) is 42.2 Å². The Bertz CT molecular complexity index is 689. The van der Waals surface area contributed by atoms with Crippen molar-refractivity contribution >= 4 is 21.6 Å². The number of hydrogen-bond donors (Lipinski definition) is 1. The average Bonchev–Trinajstić information content (AvgIpc) is 2.81. The van der Waals surface area contributed by atoms with Gasteiger partial charge in [0.25, 0.3) is 0 Å². The smallest absolute Gasteiger partial charge is 0.126 e. The zero-order valence-electron chi connectivity index (χ0n) is 9.92. The predicted molar refractivity (Wildman–Crippen MR) is 73.9 cm³/mol. The number of benzene rings is 1. The van der Waals surface area contributed by atoms with Crippen LogP contribution in [-0.4, -0.2) is 15.1 Å². The van der Waals surface area contributed by atoms with Crippen LogP contribution >= 0.6 is 11.3 Å². The van der Waals surface area contributed by atoms with E-state index < -0.39 is 0 Å². The molecule has 0 saturated heterocycles. The van der Waals surface area contributed by atoms with Crippen molar-refractivity contribution < 1.29 is 5.11 Å². The van der Waals surface area contributed by atoms with Crippen LogP contribution in [0.3, 0.4) is 0 Å². The van der Waals surface area contributed by atoms with Crippen LogP contribution in [0.25, 0.3) is 20.8 Å². The molecule has 90 valence electrons. The molecule has 1 aromatic carbocycles. The van der Waals surface area contributed by atoms with Crippen LogP contribution in [0.15, 0.2) is 36.5 Å². The van der Waals surface area contributed by atoms with Gasteiger partial charge in [-0.2, -0.15) is 0 Å². The van der Waals surface area contributed by atoms with Crippen LogP contribution in [0.5, 0.6) is 5.75 Å². The molecule has 0 fully saturated rings. The Morgan fingerprint density at radius 3 is 2.83 bits per heavy atom. The number of phenolic OH excluding ortho intramolecular Hbond substituents is 1. The van der Waals surface area contributed by atoms with Crippen molar-refractivity contribution in [2.75, 3.05) is 0 Å². The van der Waals surface area contributed by atoms with E-state index in [0.717, 1.165) is 32.9 Å². The quantitative estimate of drug-likeness (QED) is 0.761. The Balaban J connectivity index is 2.07. The summed E-state index contributed by atoms with van der Waals surface area (Å²) < 4.78 is 1.07. The molecule has 2 aromatic heterocycles. The first-order chi connectivity index (χ1) is 8.76. The van der Waals surface area contributed by atoms with Gasteiger partial charge in [0.2, 0.25) is 0 Å². The van der Waals surface area contributed by atoms with Crippen molar-refractivity contribution in [2.45, 2.75) is 13.3 Å². The summed E-state index contributed by atoms with van der Waals surface area (Å²) in [6.45, 7) is 2.09. The fraction of sp³-hybridized carbons (Fsp3) is 0.143. The highest BCUT2D eigenvalue weighted by atomic mass is 32.1. The Labute approximate surface area is 109 Å². The number of aromatic nitrogens is 2. The molecule has 2 heterocycles. The lowest BCUT2D eigenvalue weighted by atomic mass is 10.2. The molecule has 0 unspecified atom stereocenters. The molecule has 18 heavy (non-hydrogen) atoms. The number of thiazole rings is 1. The number of fused-ring (bicyclic) bond motifs is 1. The minimum Gasteiger partial charge on any atom is -0.508 e. The van der Waals surface area contributed by atoms with Crippen molar-refractivity contribution in [2.24, 2.45) is 0 Å². The summed E-state index contributed by atoms with van der Waals surface area (Å²) in [5, 5.41) is 10.4. The fourth-order valence-corrected chi connectivity index (χ4v) is 2.74. The van der Waals surface area contributed by atoms with Crippen LogP contribution < -0.4 is 0 Å². The molecule has 0 aliphatic rings. The SMILES string of the molecule is CCc1ccc(-c2nc3cc(O)ccc3s2)cn1. The summed E-state index contributed by atoms with van der Waals surface area (Å²) in [7, 11) is 0. The van der Waals surface area contributed by atoms with Crippen molar-refractivity contribution in [3.63, 3.8) is 0 Å². The van der Waals surface area contributed by atoms with Gasteiger partial charge < -0.3 is 5.11 Å². The topological polar surface area (TPSA) is 46.0 Å². The molecule has 0 atom stereocenters. The van der Waals surface area contributed by atoms with E-state index in [4.69, 9.17) is 0 Å². The van der Waals surface area contributed by atoms with E-state index >= 15 is 0 Å². The highest BCUT2D eigenvalue weighted by molar-refractivity contribution is 7.21. The number of hydrogen-bond acceptors (Lipinski definition) is 4. The van der Waals surface area contributed by atoms with Crippen LogP contribution in [0.2, 0.25) is 0 Å². The van der Waals surface area contributed by atoms with Crippen molar-refractivity contribution in [1.29, 1.82) is 0 Å². The number of rotatable bonds is 2. The molecule has 0 radical (unpaired) electrons. The number of aryl methyl sites for hydroxylation is 1. The first kappa shape index (κ1) is 11.2. The van der Waals surface area contributed by atoms with Crippen molar-refractivity contribution in [1.82, 2.24) is 9.97 Å². The monoisotopic (exact) mass is 256 g/mol. The van der Waals surface area contributed by atoms with E-state index in [1.165, 1.54) is 0 Å². The second kappa shape index (κ2) is 4.38. The molecular weight excluding hydrogens is 244 g/mol. The molecule has 3 aromatic rings. The maximum absolute atomic E-state index is 9.43. The fourth-order valence-electron chi connectivity index (χ4n) is 1.80. The second-order valence-corrected chi connectivity index (χ2v) is 5.09. The van der Waals surface area contributed by atoms with Gasteiger partial charge in [0.05, 0.1) is 10.2 Å². The van der Waals surface area contributed by atoms with Crippen LogP contribution in [-0.2, 0) is 6.42 Å². The van der Waals surface area contributed by atoms with Gasteiger partial charge in [-0.15, -0.1) is 11.3 Å². The molecular formula is C14H12N2OS. The number of pyridine rings is 1. The molecule has 0 saturated carbocycles. The average molecular weight is 256 g/mol. The van der Waals surface area contributed by atoms with Gasteiger partial charge >= 0.3 is 0 Å². The van der Waals surface area contributed by atoms with Gasteiger partial charge in [0, 0.05) is 23.5 Å². The minimum atomic E-state index is 0.249. The summed E-state index contributed by atoms with van der Waals surface area (Å²) in [4.78, 5) is 8.90. The van der Waals surface area contributed by atoms with Gasteiger partial charge in [0.1, 0.15) is 10.8 Å². The summed E-state index contributed by atoms with van der Waals surface area (Å²) in [6.07, 6.45) is 2.80. The third-order valence-electron chi connectivity index (χ3n) is 2.81. The lowest BCUT2D eigenvalue weighted by Gasteiger charge is -1.97. The maximum atomic E-state index is 9.43. The zero-order chi connectivity index (χ0) is 12.5. The normalized spacial score (nSPS) is 10.9. The Morgan fingerprint density at radius 1 is 1.22 bits per heavy atom. The molecule has 0 aliphatic heterocycles. The van der Waals surface area contributed by atoms with Gasteiger partial charge in [-0.25, -0.2) is 4.98 Å². The summed E-state index contributed by atoms with van der Waals surface area (Å²) in [6, 6.07) is 9.33. The highest BCUT2D eigenvalue weighted by Gasteiger charge is 2.07. The summed E-state index contributed by atoms with van der Waals surface area (Å²) in [5.74, 6) is 0.249. The van der Waals surface area contributed by atoms with Crippen LogP contribution in [0, 0.1) is 0 Å². The highest BCUT2D eigenvalue weighted by Crippen LogP contribution is 2.31. The third kappa shape index (κ3) is 1.95. The second-order valence-electron chi connectivity index (χ2n) is 4.06. The third-order valence-corrected chi connectivity index (χ3v) is 3.89. The van der Waals surface area contributed by atoms with E-state index in [9.17, 15) is 5.11 Å². The first-order valence-corrected chi connectivity index (χ1v) is 6.63. The van der Waals surface area contributed by atoms with Gasteiger partial charge in [0.15, 0.2) is 0 Å². The molecule has 0 spiro atoms. The van der Waals surface area contributed by atoms with E-state index in [1.54, 1.807) is 23.5 Å². The van der Waals surface area contributed by atoms with Crippen LogP contribution in [0.4, 0.5) is 0 Å². The summed E-state index contributed by atoms with van der Waals surface area (Å²) >= 11 is 1.61. The Hall–Kier alpha value is -1.94. The minimum absolute atomic E-state index is 0.249. The molecule has 0 aliphatic carbocycles. The number of phenols is 1. The molecule has 3 nitrogen and oxygen atoms in total. The largest absolute Gasteiger partial charge is 0.508 e. The van der Waals surface area contributed by atoms with E-state index in [1.807, 2.05) is 24.4 Å². The first-order valence-electron chi connectivity index (χ1n) is 5.81. The van der Waals surface area contributed by atoms with Gasteiger partial charge in [-0.1, -0.05) is 6.92 Å². The molecule has 1 N–H and O–H groups in total. The van der Waals surface area contributed by atoms with E-state index in [-0.39, 0.29) is 5.75 Å². The molecule has 4 heteroatoms. The molecule has 0 bridgehead atoms. The Kier molecular flexibility index (Phi) is 2.72. The van der Waals surface area contributed by atoms with E-state index in [2.05, 4.69) is 16.9 Å². The maximum Gasteiger partial charge on any atom is 0.126 e.